The Bertz CT molecular complexity index is 1160. The number of hydrogen-bond donors (Lipinski definition) is 0. The number of amides is 1. The molecule has 0 aliphatic carbocycles. The first-order valence-electron chi connectivity index (χ1n) is 8.95. The molecule has 2 saturated heterocycles. The zero-order chi connectivity index (χ0) is 21.5. The van der Waals surface area contributed by atoms with Gasteiger partial charge < -0.3 is 9.64 Å². The zero-order valence-corrected chi connectivity index (χ0v) is 17.4. The Balaban J connectivity index is 1.73. The number of carbonyl (C=O) groups excluding carboxylic acids is 1. The van der Waals surface area contributed by atoms with Crippen LogP contribution >= 0.6 is 11.8 Å². The van der Waals surface area contributed by atoms with Crippen LogP contribution in [0.4, 0.5) is 11.4 Å². The van der Waals surface area contributed by atoms with Gasteiger partial charge in [-0.3, -0.25) is 14.9 Å². The van der Waals surface area contributed by atoms with Crippen LogP contribution in [0, 0.1) is 10.1 Å². The molecule has 9 nitrogen and oxygen atoms in total. The van der Waals surface area contributed by atoms with E-state index in [4.69, 9.17) is 4.74 Å². The molecule has 0 spiro atoms. The van der Waals surface area contributed by atoms with Gasteiger partial charge in [0.15, 0.2) is 15.0 Å². The molecule has 0 unspecified atom stereocenters. The maximum absolute atomic E-state index is 12.7. The topological polar surface area (TPSA) is 119 Å². The first-order valence-corrected chi connectivity index (χ1v) is 11.7. The molecule has 156 valence electrons. The predicted octanol–water partition coefficient (Wildman–Crippen LogP) is 2.52. The van der Waals surface area contributed by atoms with E-state index in [1.807, 2.05) is 0 Å². The fraction of sp³-hybridized carbons (Fsp3) is 0.263. The van der Waals surface area contributed by atoms with Crippen LogP contribution < -0.4 is 9.64 Å². The van der Waals surface area contributed by atoms with Crippen molar-refractivity contribution in [3.63, 3.8) is 0 Å². The maximum Gasteiger partial charge on any atom is 0.279 e. The van der Waals surface area contributed by atoms with E-state index in [0.29, 0.717) is 16.6 Å². The van der Waals surface area contributed by atoms with Crippen LogP contribution in [0.5, 0.6) is 5.75 Å². The van der Waals surface area contributed by atoms with E-state index in [9.17, 15) is 23.3 Å². The molecule has 0 N–H and O–H groups in total. The SMILES string of the molecule is COc1cccc(N2C(=NC(=O)c3cccc([N+](=O)[O-])c3)S[C@H]3CS(=O)(=O)C[C@H]32)c1. The van der Waals surface area contributed by atoms with Crippen molar-refractivity contribution in [1.82, 2.24) is 0 Å². The number of nitro benzene ring substituents is 1. The second-order valence-electron chi connectivity index (χ2n) is 6.88. The van der Waals surface area contributed by atoms with E-state index in [-0.39, 0.29) is 34.0 Å². The number of carbonyl (C=O) groups is 1. The number of methoxy groups -OCH3 is 1. The van der Waals surface area contributed by atoms with Gasteiger partial charge in [0.1, 0.15) is 5.75 Å². The number of sulfone groups is 1. The van der Waals surface area contributed by atoms with Crippen LogP contribution in [-0.2, 0) is 9.84 Å². The number of ether oxygens (including phenoxy) is 1. The number of thioether (sulfide) groups is 1. The highest BCUT2D eigenvalue weighted by Crippen LogP contribution is 2.41. The number of non-ortho nitro benzene ring substituents is 1. The third-order valence-corrected chi connectivity index (χ3v) is 8.11. The molecule has 2 aliphatic rings. The van der Waals surface area contributed by atoms with E-state index < -0.39 is 20.7 Å². The summed E-state index contributed by atoms with van der Waals surface area (Å²) in [5, 5.41) is 11.1. The van der Waals surface area contributed by atoms with Crippen LogP contribution in [0.3, 0.4) is 0 Å². The van der Waals surface area contributed by atoms with Crippen molar-refractivity contribution in [3.8, 4) is 5.75 Å². The molecule has 0 aromatic heterocycles. The minimum Gasteiger partial charge on any atom is -0.497 e. The smallest absolute Gasteiger partial charge is 0.279 e. The lowest BCUT2D eigenvalue weighted by Crippen LogP contribution is -2.37. The van der Waals surface area contributed by atoms with Gasteiger partial charge in [-0.25, -0.2) is 8.42 Å². The monoisotopic (exact) mass is 447 g/mol. The number of rotatable bonds is 4. The Labute approximate surface area is 176 Å². The minimum absolute atomic E-state index is 0.00677. The fourth-order valence-electron chi connectivity index (χ4n) is 3.53. The van der Waals surface area contributed by atoms with Gasteiger partial charge in [-0.2, -0.15) is 4.99 Å². The van der Waals surface area contributed by atoms with Crippen LogP contribution in [0.1, 0.15) is 10.4 Å². The first-order chi connectivity index (χ1) is 14.3. The number of nitro groups is 1. The molecule has 4 rings (SSSR count). The molecular weight excluding hydrogens is 430 g/mol. The average molecular weight is 447 g/mol. The molecule has 2 aromatic rings. The summed E-state index contributed by atoms with van der Waals surface area (Å²) in [6, 6.07) is 12.1. The van der Waals surface area contributed by atoms with Crippen LogP contribution in [0.15, 0.2) is 53.5 Å². The van der Waals surface area contributed by atoms with Crippen molar-refractivity contribution < 1.29 is 22.9 Å². The van der Waals surface area contributed by atoms with Crippen molar-refractivity contribution in [3.05, 3.63) is 64.2 Å². The molecule has 2 atom stereocenters. The zero-order valence-electron chi connectivity index (χ0n) is 15.8. The molecule has 1 amide bonds. The van der Waals surface area contributed by atoms with E-state index in [1.54, 1.807) is 29.2 Å². The number of amidine groups is 1. The maximum atomic E-state index is 12.7. The molecule has 0 radical (unpaired) electrons. The summed E-state index contributed by atoms with van der Waals surface area (Å²) >= 11 is 1.23. The Morgan fingerprint density at radius 3 is 2.73 bits per heavy atom. The van der Waals surface area contributed by atoms with Gasteiger partial charge in [-0.15, -0.1) is 0 Å². The summed E-state index contributed by atoms with van der Waals surface area (Å²) in [5.41, 5.74) is 0.553. The van der Waals surface area contributed by atoms with Crippen LogP contribution in [0.2, 0.25) is 0 Å². The third-order valence-electron chi connectivity index (χ3n) is 4.90. The van der Waals surface area contributed by atoms with Crippen molar-refractivity contribution in [2.75, 3.05) is 23.5 Å². The van der Waals surface area contributed by atoms with Gasteiger partial charge >= 0.3 is 0 Å². The summed E-state index contributed by atoms with van der Waals surface area (Å²) in [4.78, 5) is 29.1. The number of benzene rings is 2. The second-order valence-corrected chi connectivity index (χ2v) is 10.2. The Morgan fingerprint density at radius 2 is 2.00 bits per heavy atom. The summed E-state index contributed by atoms with van der Waals surface area (Å²) in [7, 11) is -1.66. The summed E-state index contributed by atoms with van der Waals surface area (Å²) in [6.07, 6.45) is 0. The lowest BCUT2D eigenvalue weighted by Gasteiger charge is -2.24. The number of anilines is 1. The highest BCUT2D eigenvalue weighted by atomic mass is 32.2. The van der Waals surface area contributed by atoms with E-state index in [1.165, 1.54) is 43.1 Å². The molecular formula is C19H17N3O6S2. The largest absolute Gasteiger partial charge is 0.497 e. The van der Waals surface area contributed by atoms with Crippen molar-refractivity contribution in [1.29, 1.82) is 0 Å². The summed E-state index contributed by atoms with van der Waals surface area (Å²) < 4.78 is 29.6. The van der Waals surface area contributed by atoms with Crippen molar-refractivity contribution >= 4 is 44.0 Å². The molecule has 2 aromatic carbocycles. The van der Waals surface area contributed by atoms with E-state index in [0.717, 1.165) is 0 Å². The quantitative estimate of drug-likeness (QED) is 0.518. The van der Waals surface area contributed by atoms with Gasteiger partial charge in [0.05, 0.1) is 29.6 Å². The molecule has 30 heavy (non-hydrogen) atoms. The highest BCUT2D eigenvalue weighted by Gasteiger charge is 2.49. The standard InChI is InChI=1S/C19H17N3O6S2/c1-28-15-7-3-5-13(9-15)21-16-10-30(26,27)11-17(16)29-19(21)20-18(23)12-4-2-6-14(8-12)22(24)25/h2-9,16-17H,10-11H2,1H3/t16-,17+/m1/s1. The molecule has 2 heterocycles. The molecule has 2 aliphatic heterocycles. The Hall–Kier alpha value is -2.92. The lowest BCUT2D eigenvalue weighted by molar-refractivity contribution is -0.384. The third kappa shape index (κ3) is 3.90. The van der Waals surface area contributed by atoms with Crippen molar-refractivity contribution in [2.24, 2.45) is 4.99 Å². The number of fused-ring (bicyclic) bond motifs is 1. The van der Waals surface area contributed by atoms with Gasteiger partial charge in [-0.1, -0.05) is 23.9 Å². The van der Waals surface area contributed by atoms with Gasteiger partial charge in [-0.05, 0) is 18.2 Å². The number of nitrogens with zero attached hydrogens (tertiary/aromatic N) is 3. The van der Waals surface area contributed by atoms with Crippen LogP contribution in [0.25, 0.3) is 0 Å². The van der Waals surface area contributed by atoms with E-state index >= 15 is 0 Å². The first kappa shape index (κ1) is 20.4. The predicted molar refractivity (Wildman–Crippen MR) is 114 cm³/mol. The second kappa shape index (κ2) is 7.73. The molecule has 0 saturated carbocycles. The van der Waals surface area contributed by atoms with Crippen LogP contribution in [-0.4, -0.2) is 54.3 Å². The average Bonchev–Trinajstić information content (AvgIpc) is 3.18. The van der Waals surface area contributed by atoms with E-state index in [2.05, 4.69) is 4.99 Å². The normalized spacial score (nSPS) is 23.4. The molecule has 0 bridgehead atoms. The summed E-state index contributed by atoms with van der Waals surface area (Å²) in [5.74, 6) is -0.0679. The number of hydrogen-bond acceptors (Lipinski definition) is 7. The van der Waals surface area contributed by atoms with Gasteiger partial charge in [0.25, 0.3) is 11.6 Å². The molecule has 11 heteroatoms. The molecule has 2 fully saturated rings. The Kier molecular flexibility index (Phi) is 5.24. The van der Waals surface area contributed by atoms with Gasteiger partial charge in [0, 0.05) is 34.7 Å². The highest BCUT2D eigenvalue weighted by molar-refractivity contribution is 8.16. The summed E-state index contributed by atoms with van der Waals surface area (Å²) in [6.45, 7) is 0. The fourth-order valence-corrected chi connectivity index (χ4v) is 7.44. The Morgan fingerprint density at radius 1 is 1.23 bits per heavy atom. The van der Waals surface area contributed by atoms with Gasteiger partial charge in [0.2, 0.25) is 0 Å². The number of aliphatic imine (C=N–C) groups is 1. The van der Waals surface area contributed by atoms with Crippen molar-refractivity contribution in [2.45, 2.75) is 11.3 Å². The minimum atomic E-state index is -3.19. The lowest BCUT2D eigenvalue weighted by atomic mass is 10.2.